The smallest absolute Gasteiger partial charge is 0.335 e. The minimum Gasteiger partial charge on any atom is -0.478 e. The fourth-order valence-corrected chi connectivity index (χ4v) is 2.28. The monoisotopic (exact) mass is 352 g/mol. The SMILES string of the molecule is CC(C)c1cc(Br)ccc1Oc1ccc(C(=O)O)cc1F. The van der Waals surface area contributed by atoms with E-state index in [4.69, 9.17) is 9.84 Å². The van der Waals surface area contributed by atoms with Crippen LogP contribution in [0.2, 0.25) is 0 Å². The number of hydrogen-bond donors (Lipinski definition) is 1. The fraction of sp³-hybridized carbons (Fsp3) is 0.188. The van der Waals surface area contributed by atoms with Gasteiger partial charge in [0.2, 0.25) is 0 Å². The van der Waals surface area contributed by atoms with Crippen molar-refractivity contribution in [2.45, 2.75) is 19.8 Å². The molecule has 0 saturated carbocycles. The van der Waals surface area contributed by atoms with E-state index < -0.39 is 11.8 Å². The highest BCUT2D eigenvalue weighted by Gasteiger charge is 2.13. The molecule has 0 heterocycles. The number of carboxylic acids is 1. The Kier molecular flexibility index (Phi) is 4.63. The molecule has 0 fully saturated rings. The summed E-state index contributed by atoms with van der Waals surface area (Å²) in [7, 11) is 0. The molecule has 0 aliphatic carbocycles. The Morgan fingerprint density at radius 3 is 2.43 bits per heavy atom. The molecule has 0 saturated heterocycles. The van der Waals surface area contributed by atoms with Crippen LogP contribution in [0.1, 0.15) is 35.7 Å². The Morgan fingerprint density at radius 2 is 1.86 bits per heavy atom. The van der Waals surface area contributed by atoms with Crippen molar-refractivity contribution in [3.63, 3.8) is 0 Å². The number of rotatable bonds is 4. The lowest BCUT2D eigenvalue weighted by molar-refractivity contribution is 0.0696. The average Bonchev–Trinajstić information content (AvgIpc) is 2.42. The highest BCUT2D eigenvalue weighted by molar-refractivity contribution is 9.10. The molecule has 0 aliphatic heterocycles. The van der Waals surface area contributed by atoms with E-state index in [-0.39, 0.29) is 17.2 Å². The lowest BCUT2D eigenvalue weighted by Crippen LogP contribution is -1.99. The molecule has 0 aliphatic rings. The summed E-state index contributed by atoms with van der Waals surface area (Å²) < 4.78 is 20.4. The van der Waals surface area contributed by atoms with Gasteiger partial charge in [-0.1, -0.05) is 29.8 Å². The van der Waals surface area contributed by atoms with Gasteiger partial charge in [-0.2, -0.15) is 0 Å². The molecule has 2 aromatic rings. The summed E-state index contributed by atoms with van der Waals surface area (Å²) in [6.07, 6.45) is 0. The van der Waals surface area contributed by atoms with Gasteiger partial charge in [0.15, 0.2) is 11.6 Å². The largest absolute Gasteiger partial charge is 0.478 e. The molecule has 1 N–H and O–H groups in total. The minimum atomic E-state index is -1.17. The summed E-state index contributed by atoms with van der Waals surface area (Å²) in [4.78, 5) is 10.8. The van der Waals surface area contributed by atoms with E-state index in [2.05, 4.69) is 15.9 Å². The number of aromatic carboxylic acids is 1. The molecule has 21 heavy (non-hydrogen) atoms. The standard InChI is InChI=1S/C16H14BrFO3/c1-9(2)12-8-11(17)4-6-14(12)21-15-5-3-10(16(19)20)7-13(15)18/h3-9H,1-2H3,(H,19,20). The first-order chi connectivity index (χ1) is 9.88. The number of hydrogen-bond acceptors (Lipinski definition) is 2. The van der Waals surface area contributed by atoms with Gasteiger partial charge >= 0.3 is 5.97 Å². The second-order valence-corrected chi connectivity index (χ2v) is 5.80. The molecule has 0 spiro atoms. The Morgan fingerprint density at radius 1 is 1.19 bits per heavy atom. The maximum Gasteiger partial charge on any atom is 0.335 e. The van der Waals surface area contributed by atoms with Crippen molar-refractivity contribution in [1.29, 1.82) is 0 Å². The van der Waals surface area contributed by atoms with Crippen LogP contribution in [-0.4, -0.2) is 11.1 Å². The third-order valence-corrected chi connectivity index (χ3v) is 3.49. The van der Waals surface area contributed by atoms with Gasteiger partial charge in [0.1, 0.15) is 5.75 Å². The molecule has 110 valence electrons. The summed E-state index contributed by atoms with van der Waals surface area (Å²) >= 11 is 3.40. The number of benzene rings is 2. The van der Waals surface area contributed by atoms with E-state index in [1.54, 1.807) is 6.07 Å². The Bertz CT molecular complexity index is 683. The predicted octanol–water partition coefficient (Wildman–Crippen LogP) is 5.20. The van der Waals surface area contributed by atoms with E-state index in [9.17, 15) is 9.18 Å². The van der Waals surface area contributed by atoms with Gasteiger partial charge in [-0.3, -0.25) is 0 Å². The molecule has 0 aromatic heterocycles. The summed E-state index contributed by atoms with van der Waals surface area (Å²) in [6, 6.07) is 9.07. The van der Waals surface area contributed by atoms with Gasteiger partial charge in [-0.25, -0.2) is 9.18 Å². The average molecular weight is 353 g/mol. The maximum absolute atomic E-state index is 13.9. The highest BCUT2D eigenvalue weighted by atomic mass is 79.9. The molecule has 0 atom stereocenters. The van der Waals surface area contributed by atoms with Gasteiger partial charge in [0.25, 0.3) is 0 Å². The van der Waals surface area contributed by atoms with Crippen LogP contribution >= 0.6 is 15.9 Å². The van der Waals surface area contributed by atoms with Gasteiger partial charge in [0, 0.05) is 4.47 Å². The van der Waals surface area contributed by atoms with Crippen LogP contribution in [-0.2, 0) is 0 Å². The van der Waals surface area contributed by atoms with Crippen LogP contribution in [0.25, 0.3) is 0 Å². The topological polar surface area (TPSA) is 46.5 Å². The molecule has 0 radical (unpaired) electrons. The van der Waals surface area contributed by atoms with Crippen molar-refractivity contribution >= 4 is 21.9 Å². The Hall–Kier alpha value is -1.88. The third kappa shape index (κ3) is 3.61. The Labute approximate surface area is 130 Å². The molecule has 2 aromatic carbocycles. The fourth-order valence-electron chi connectivity index (χ4n) is 1.90. The van der Waals surface area contributed by atoms with E-state index in [1.165, 1.54) is 12.1 Å². The van der Waals surface area contributed by atoms with Gasteiger partial charge in [-0.05, 0) is 47.9 Å². The van der Waals surface area contributed by atoms with Gasteiger partial charge in [0.05, 0.1) is 5.56 Å². The summed E-state index contributed by atoms with van der Waals surface area (Å²) in [5.74, 6) is -1.11. The number of ether oxygens (including phenoxy) is 1. The molecule has 0 amide bonds. The minimum absolute atomic E-state index is 0.00391. The highest BCUT2D eigenvalue weighted by Crippen LogP contribution is 2.34. The third-order valence-electron chi connectivity index (χ3n) is 2.99. The van der Waals surface area contributed by atoms with Crippen molar-refractivity contribution in [1.82, 2.24) is 0 Å². The van der Waals surface area contributed by atoms with Crippen LogP contribution < -0.4 is 4.74 Å². The molecule has 2 rings (SSSR count). The molecular weight excluding hydrogens is 339 g/mol. The van der Waals surface area contributed by atoms with Crippen molar-refractivity contribution < 1.29 is 19.0 Å². The lowest BCUT2D eigenvalue weighted by Gasteiger charge is -2.14. The second-order valence-electron chi connectivity index (χ2n) is 4.89. The van der Waals surface area contributed by atoms with Crippen molar-refractivity contribution in [3.8, 4) is 11.5 Å². The number of carboxylic acid groups (broad SMARTS) is 1. The van der Waals surface area contributed by atoms with Gasteiger partial charge in [-0.15, -0.1) is 0 Å². The molecular formula is C16H14BrFO3. The quantitative estimate of drug-likeness (QED) is 0.822. The molecule has 0 unspecified atom stereocenters. The first-order valence-corrected chi connectivity index (χ1v) is 7.18. The predicted molar refractivity (Wildman–Crippen MR) is 81.7 cm³/mol. The summed E-state index contributed by atoms with van der Waals surface area (Å²) in [6.45, 7) is 4.02. The molecule has 0 bridgehead atoms. The van der Waals surface area contributed by atoms with Crippen molar-refractivity contribution in [2.24, 2.45) is 0 Å². The van der Waals surface area contributed by atoms with Crippen LogP contribution in [0.15, 0.2) is 40.9 Å². The first kappa shape index (κ1) is 15.5. The van der Waals surface area contributed by atoms with Crippen LogP contribution in [0.5, 0.6) is 11.5 Å². The zero-order valence-electron chi connectivity index (χ0n) is 11.6. The maximum atomic E-state index is 13.9. The van der Waals surface area contributed by atoms with Crippen LogP contribution in [0.4, 0.5) is 4.39 Å². The number of carbonyl (C=O) groups is 1. The molecule has 3 nitrogen and oxygen atoms in total. The van der Waals surface area contributed by atoms with Gasteiger partial charge < -0.3 is 9.84 Å². The Balaban J connectivity index is 2.36. The van der Waals surface area contributed by atoms with Crippen LogP contribution in [0, 0.1) is 5.82 Å². The van der Waals surface area contributed by atoms with E-state index >= 15 is 0 Å². The molecule has 5 heteroatoms. The van der Waals surface area contributed by atoms with Crippen LogP contribution in [0.3, 0.4) is 0 Å². The normalized spacial score (nSPS) is 10.7. The van der Waals surface area contributed by atoms with E-state index in [1.807, 2.05) is 26.0 Å². The second kappa shape index (κ2) is 6.26. The first-order valence-electron chi connectivity index (χ1n) is 6.38. The zero-order chi connectivity index (χ0) is 15.6. The van der Waals surface area contributed by atoms with Crippen molar-refractivity contribution in [2.75, 3.05) is 0 Å². The summed E-state index contributed by atoms with van der Waals surface area (Å²) in [5.41, 5.74) is 0.825. The lowest BCUT2D eigenvalue weighted by atomic mass is 10.0. The van der Waals surface area contributed by atoms with E-state index in [0.29, 0.717) is 5.75 Å². The van der Waals surface area contributed by atoms with Crippen molar-refractivity contribution in [3.05, 3.63) is 57.8 Å². The zero-order valence-corrected chi connectivity index (χ0v) is 13.1. The van der Waals surface area contributed by atoms with E-state index in [0.717, 1.165) is 16.1 Å². The summed E-state index contributed by atoms with van der Waals surface area (Å²) in [5, 5.41) is 8.82. The number of halogens is 2.